The standard InChI is InChI=1S/C19H21NO3S2/c1-22-19(6-8-23-9-7-19)14-11-18(24-12-14)25-15-3-4-16-13(10-15)2-5-17(16)20-21/h3-4,10-12,21H,2,5-9H2,1H3/b20-17+. The van der Waals surface area contributed by atoms with Crippen LogP contribution in [0.4, 0.5) is 0 Å². The third-order valence-electron chi connectivity index (χ3n) is 5.15. The first kappa shape index (κ1) is 17.1. The van der Waals surface area contributed by atoms with Crippen LogP contribution in [0.25, 0.3) is 0 Å². The van der Waals surface area contributed by atoms with Gasteiger partial charge in [0.25, 0.3) is 0 Å². The first-order chi connectivity index (χ1) is 12.2. The van der Waals surface area contributed by atoms with Gasteiger partial charge in [-0.2, -0.15) is 0 Å². The van der Waals surface area contributed by atoms with Crippen molar-refractivity contribution in [3.8, 4) is 0 Å². The van der Waals surface area contributed by atoms with Gasteiger partial charge in [0.05, 0.1) is 15.5 Å². The number of rotatable bonds is 4. The van der Waals surface area contributed by atoms with Gasteiger partial charge in [0, 0.05) is 43.6 Å². The minimum atomic E-state index is -0.196. The number of aryl methyl sites for hydroxylation is 1. The zero-order valence-electron chi connectivity index (χ0n) is 14.2. The van der Waals surface area contributed by atoms with Gasteiger partial charge in [0.1, 0.15) is 0 Å². The summed E-state index contributed by atoms with van der Waals surface area (Å²) in [5.41, 5.74) is 4.22. The molecule has 4 nitrogen and oxygen atoms in total. The molecule has 1 aromatic carbocycles. The van der Waals surface area contributed by atoms with Crippen LogP contribution in [0.15, 0.2) is 43.9 Å². The van der Waals surface area contributed by atoms with E-state index in [4.69, 9.17) is 14.7 Å². The molecule has 0 atom stereocenters. The number of hydrogen-bond donors (Lipinski definition) is 1. The van der Waals surface area contributed by atoms with Crippen molar-refractivity contribution >= 4 is 28.8 Å². The average Bonchev–Trinajstić information content (AvgIpc) is 3.29. The Labute approximate surface area is 155 Å². The van der Waals surface area contributed by atoms with Crippen LogP contribution >= 0.6 is 23.1 Å². The van der Waals surface area contributed by atoms with E-state index < -0.39 is 0 Å². The van der Waals surface area contributed by atoms with E-state index in [0.29, 0.717) is 0 Å². The number of oxime groups is 1. The molecule has 25 heavy (non-hydrogen) atoms. The highest BCUT2D eigenvalue weighted by atomic mass is 32.2. The van der Waals surface area contributed by atoms with Crippen LogP contribution < -0.4 is 0 Å². The molecule has 132 valence electrons. The number of fused-ring (bicyclic) bond motifs is 1. The monoisotopic (exact) mass is 375 g/mol. The number of methoxy groups -OCH3 is 1. The van der Waals surface area contributed by atoms with Gasteiger partial charge in [-0.25, -0.2) is 0 Å². The van der Waals surface area contributed by atoms with Gasteiger partial charge in [0.2, 0.25) is 0 Å². The van der Waals surface area contributed by atoms with Crippen molar-refractivity contribution in [2.24, 2.45) is 5.16 Å². The molecule has 0 unspecified atom stereocenters. The van der Waals surface area contributed by atoms with Gasteiger partial charge >= 0.3 is 0 Å². The third kappa shape index (κ3) is 3.24. The minimum absolute atomic E-state index is 0.196. The number of nitrogens with zero attached hydrogens (tertiary/aromatic N) is 1. The summed E-state index contributed by atoms with van der Waals surface area (Å²) < 4.78 is 12.7. The van der Waals surface area contributed by atoms with Crippen LogP contribution in [0, 0.1) is 0 Å². The lowest BCUT2D eigenvalue weighted by molar-refractivity contribution is -0.0946. The normalized spacial score (nSPS) is 20.8. The summed E-state index contributed by atoms with van der Waals surface area (Å²) in [6.45, 7) is 1.51. The average molecular weight is 376 g/mol. The SMILES string of the molecule is COC1(c2csc(Sc3ccc4c(c3)CC/C4=N\O)c2)CCOCC1. The molecule has 1 saturated heterocycles. The van der Waals surface area contributed by atoms with E-state index in [2.05, 4.69) is 34.8 Å². The van der Waals surface area contributed by atoms with E-state index in [0.717, 1.165) is 50.2 Å². The fourth-order valence-corrected chi connectivity index (χ4v) is 5.75. The summed E-state index contributed by atoms with van der Waals surface area (Å²) in [5.74, 6) is 0. The molecule has 0 amide bonds. The minimum Gasteiger partial charge on any atom is -0.411 e. The van der Waals surface area contributed by atoms with E-state index in [1.165, 1.54) is 20.2 Å². The molecule has 2 heterocycles. The summed E-state index contributed by atoms with van der Waals surface area (Å²) in [5, 5.41) is 14.7. The molecule has 0 radical (unpaired) electrons. The van der Waals surface area contributed by atoms with Gasteiger partial charge in [-0.05, 0) is 47.5 Å². The van der Waals surface area contributed by atoms with Crippen LogP contribution in [0.2, 0.25) is 0 Å². The quantitative estimate of drug-likeness (QED) is 0.623. The van der Waals surface area contributed by atoms with E-state index in [1.54, 1.807) is 30.2 Å². The molecule has 0 bridgehead atoms. The van der Waals surface area contributed by atoms with Crippen LogP contribution in [-0.2, 0) is 21.5 Å². The second-order valence-electron chi connectivity index (χ2n) is 6.43. The topological polar surface area (TPSA) is 51.0 Å². The Morgan fingerprint density at radius 2 is 2.08 bits per heavy atom. The number of thiophene rings is 1. The lowest BCUT2D eigenvalue weighted by atomic mass is 9.88. The second-order valence-corrected chi connectivity index (χ2v) is 8.72. The Kier molecular flexibility index (Phi) is 4.86. The highest BCUT2D eigenvalue weighted by Crippen LogP contribution is 2.42. The molecule has 6 heteroatoms. The summed E-state index contributed by atoms with van der Waals surface area (Å²) >= 11 is 3.55. The Hall–Kier alpha value is -1.34. The molecule has 2 aliphatic rings. The molecule has 1 aromatic heterocycles. The summed E-state index contributed by atoms with van der Waals surface area (Å²) in [6.07, 6.45) is 3.59. The maximum Gasteiger partial charge on any atom is 0.0979 e. The maximum absolute atomic E-state index is 9.06. The second kappa shape index (κ2) is 7.11. The largest absolute Gasteiger partial charge is 0.411 e. The highest BCUT2D eigenvalue weighted by molar-refractivity contribution is 8.01. The van der Waals surface area contributed by atoms with Gasteiger partial charge in [0.15, 0.2) is 0 Å². The zero-order chi connectivity index (χ0) is 17.3. The number of hydrogen-bond acceptors (Lipinski definition) is 6. The first-order valence-electron chi connectivity index (χ1n) is 8.48. The van der Waals surface area contributed by atoms with E-state index in [-0.39, 0.29) is 5.60 Å². The van der Waals surface area contributed by atoms with Gasteiger partial charge < -0.3 is 14.7 Å². The Bertz CT molecular complexity index is 794. The van der Waals surface area contributed by atoms with E-state index in [1.807, 2.05) is 0 Å². The van der Waals surface area contributed by atoms with Crippen molar-refractivity contribution in [3.63, 3.8) is 0 Å². The van der Waals surface area contributed by atoms with E-state index >= 15 is 0 Å². The number of benzene rings is 1. The lowest BCUT2D eigenvalue weighted by Gasteiger charge is -2.35. The predicted octanol–water partition coefficient (Wildman–Crippen LogP) is 4.68. The van der Waals surface area contributed by atoms with Crippen LogP contribution in [0.5, 0.6) is 0 Å². The molecule has 1 fully saturated rings. The smallest absolute Gasteiger partial charge is 0.0979 e. The fourth-order valence-electron chi connectivity index (χ4n) is 3.65. The molecular formula is C19H21NO3S2. The van der Waals surface area contributed by atoms with E-state index in [9.17, 15) is 0 Å². The van der Waals surface area contributed by atoms with Crippen LogP contribution in [0.3, 0.4) is 0 Å². The Morgan fingerprint density at radius 3 is 2.84 bits per heavy atom. The molecule has 1 N–H and O–H groups in total. The molecular weight excluding hydrogens is 354 g/mol. The number of ether oxygens (including phenoxy) is 2. The maximum atomic E-state index is 9.06. The van der Waals surface area contributed by atoms with Crippen LogP contribution in [-0.4, -0.2) is 31.2 Å². The van der Waals surface area contributed by atoms with Crippen molar-refractivity contribution in [2.45, 2.75) is 40.4 Å². The van der Waals surface area contributed by atoms with Gasteiger partial charge in [-0.3, -0.25) is 0 Å². The van der Waals surface area contributed by atoms with Crippen molar-refractivity contribution < 1.29 is 14.7 Å². The lowest BCUT2D eigenvalue weighted by Crippen LogP contribution is -2.35. The molecule has 0 saturated carbocycles. The molecule has 2 aromatic rings. The summed E-state index contributed by atoms with van der Waals surface area (Å²) in [4.78, 5) is 1.23. The van der Waals surface area contributed by atoms with Crippen molar-refractivity contribution in [2.75, 3.05) is 20.3 Å². The third-order valence-corrected chi connectivity index (χ3v) is 7.22. The molecule has 0 spiro atoms. The zero-order valence-corrected chi connectivity index (χ0v) is 15.8. The summed E-state index contributed by atoms with van der Waals surface area (Å²) in [6, 6.07) is 8.67. The molecule has 1 aliphatic heterocycles. The van der Waals surface area contributed by atoms with Crippen molar-refractivity contribution in [3.05, 3.63) is 46.3 Å². The molecule has 1 aliphatic carbocycles. The summed E-state index contributed by atoms with van der Waals surface area (Å²) in [7, 11) is 1.80. The van der Waals surface area contributed by atoms with Gasteiger partial charge in [-0.15, -0.1) is 11.3 Å². The fraction of sp³-hybridized carbons (Fsp3) is 0.421. The Balaban J connectivity index is 1.54. The van der Waals surface area contributed by atoms with Crippen molar-refractivity contribution in [1.82, 2.24) is 0 Å². The highest BCUT2D eigenvalue weighted by Gasteiger charge is 2.35. The van der Waals surface area contributed by atoms with Crippen molar-refractivity contribution in [1.29, 1.82) is 0 Å². The Morgan fingerprint density at radius 1 is 1.24 bits per heavy atom. The molecule has 4 rings (SSSR count). The van der Waals surface area contributed by atoms with Crippen LogP contribution in [0.1, 0.15) is 36.0 Å². The predicted molar refractivity (Wildman–Crippen MR) is 100 cm³/mol. The first-order valence-corrected chi connectivity index (χ1v) is 10.2. The van der Waals surface area contributed by atoms with Gasteiger partial charge in [-0.1, -0.05) is 23.0 Å².